The van der Waals surface area contributed by atoms with Crippen molar-refractivity contribution in [3.63, 3.8) is 0 Å². The Labute approximate surface area is 145 Å². The zero-order valence-corrected chi connectivity index (χ0v) is 17.0. The van der Waals surface area contributed by atoms with Gasteiger partial charge < -0.3 is 5.11 Å². The van der Waals surface area contributed by atoms with Crippen LogP contribution in [0.25, 0.3) is 0 Å². The van der Waals surface area contributed by atoms with E-state index in [2.05, 4.69) is 39.6 Å². The molecule has 0 amide bonds. The monoisotopic (exact) mass is 491 g/mol. The number of nitrogens with zero attached hydrogens (tertiary/aromatic N) is 1. The number of benzene rings is 1. The van der Waals surface area contributed by atoms with E-state index in [4.69, 9.17) is 3.40 Å². The van der Waals surface area contributed by atoms with Gasteiger partial charge in [0.15, 0.2) is 0 Å². The fourth-order valence-electron chi connectivity index (χ4n) is 1.38. The van der Waals surface area contributed by atoms with Gasteiger partial charge in [0.05, 0.1) is 0 Å². The van der Waals surface area contributed by atoms with Crippen LogP contribution in [0.15, 0.2) is 23.2 Å². The molecule has 0 aliphatic rings. The number of aromatic hydroxyl groups is 1. The van der Waals surface area contributed by atoms with E-state index in [9.17, 15) is 5.11 Å². The van der Waals surface area contributed by atoms with Crippen LogP contribution in [0.2, 0.25) is 0 Å². The summed E-state index contributed by atoms with van der Waals surface area (Å²) in [6.07, 6.45) is 1.87. The molecule has 3 nitrogen and oxygen atoms in total. The molecular formula is C14H23Cl2NO2W. The fourth-order valence-corrected chi connectivity index (χ4v) is 1.38. The van der Waals surface area contributed by atoms with Crippen molar-refractivity contribution in [3.8, 4) is 5.75 Å². The van der Waals surface area contributed by atoms with E-state index >= 15 is 0 Å². The molecule has 1 rings (SSSR count). The number of hydrogen-bond acceptors (Lipinski definition) is 3. The Bertz CT molecular complexity index is 418. The molecule has 0 saturated heterocycles. The number of aliphatic imine (C=N–C) groups is 1. The molecule has 0 spiro atoms. The van der Waals surface area contributed by atoms with Crippen LogP contribution in [0.4, 0.5) is 5.69 Å². The summed E-state index contributed by atoms with van der Waals surface area (Å²) in [6, 6.07) is 5.71. The van der Waals surface area contributed by atoms with Crippen LogP contribution >= 0.6 is 24.8 Å². The van der Waals surface area contributed by atoms with E-state index < -0.39 is 0 Å². The van der Waals surface area contributed by atoms with E-state index in [1.54, 1.807) is 0 Å². The normalized spacial score (nSPS) is 10.3. The molecule has 6 heteroatoms. The van der Waals surface area contributed by atoms with Gasteiger partial charge in [-0.05, 0) is 23.0 Å². The SMILES string of the molecule is CC(C)c1cccc(N=CC(C)(C)C)c1O.Cl.Cl.[O]=[W]. The van der Waals surface area contributed by atoms with E-state index in [0.717, 1.165) is 5.56 Å². The van der Waals surface area contributed by atoms with E-state index in [0.29, 0.717) is 37.1 Å². The van der Waals surface area contributed by atoms with Crippen LogP contribution in [0.3, 0.4) is 0 Å². The fraction of sp³-hybridized carbons (Fsp3) is 0.500. The number of phenols is 1. The average molecular weight is 492 g/mol. The first kappa shape index (κ1) is 24.8. The molecule has 0 aliphatic heterocycles. The number of halogens is 2. The van der Waals surface area contributed by atoms with Gasteiger partial charge >= 0.3 is 23.2 Å². The summed E-state index contributed by atoms with van der Waals surface area (Å²) in [4.78, 5) is 4.35. The molecule has 20 heavy (non-hydrogen) atoms. The quantitative estimate of drug-likeness (QED) is 0.593. The number of hydrogen-bond donors (Lipinski definition) is 1. The van der Waals surface area contributed by atoms with Crippen molar-refractivity contribution in [2.45, 2.75) is 40.5 Å². The van der Waals surface area contributed by atoms with Gasteiger partial charge in [-0.15, -0.1) is 24.8 Å². The molecule has 0 aliphatic carbocycles. The zero-order valence-electron chi connectivity index (χ0n) is 12.4. The molecule has 1 N–H and O–H groups in total. The standard InChI is InChI=1S/C14H21NO.2ClH.O.W/c1-10(2)11-7-6-8-12(13(11)16)15-9-14(3,4)5;;;;/h6-10,16H,1-5H3;2*1H;;. The molecule has 0 saturated carbocycles. The second-order valence-corrected chi connectivity index (χ2v) is 5.49. The van der Waals surface area contributed by atoms with Crippen LogP contribution < -0.4 is 0 Å². The Hall–Kier alpha value is -0.242. The summed E-state index contributed by atoms with van der Waals surface area (Å²) in [7, 11) is 0. The molecule has 0 heterocycles. The summed E-state index contributed by atoms with van der Waals surface area (Å²) in [5.74, 6) is 0.614. The molecule has 0 radical (unpaired) electrons. The number of rotatable bonds is 2. The van der Waals surface area contributed by atoms with Gasteiger partial charge in [-0.25, -0.2) is 0 Å². The second-order valence-electron chi connectivity index (χ2n) is 5.49. The van der Waals surface area contributed by atoms with Gasteiger partial charge in [0.25, 0.3) is 0 Å². The van der Waals surface area contributed by atoms with Crippen LogP contribution in [-0.2, 0) is 23.2 Å². The van der Waals surface area contributed by atoms with Gasteiger partial charge in [-0.2, -0.15) is 0 Å². The summed E-state index contributed by atoms with van der Waals surface area (Å²) >= 11 is 0.333. The first-order chi connectivity index (χ1) is 8.31. The van der Waals surface area contributed by atoms with Crippen molar-refractivity contribution in [3.05, 3.63) is 23.8 Å². The maximum atomic E-state index is 10.0. The first-order valence-electron chi connectivity index (χ1n) is 5.85. The molecule has 116 valence electrons. The molecule has 0 atom stereocenters. The summed E-state index contributed by atoms with van der Waals surface area (Å²) in [6.45, 7) is 10.4. The zero-order chi connectivity index (χ0) is 14.3. The van der Waals surface area contributed by atoms with Crippen molar-refractivity contribution in [2.75, 3.05) is 0 Å². The second kappa shape index (κ2) is 11.4. The summed E-state index contributed by atoms with van der Waals surface area (Å²) < 4.78 is 8.33. The predicted molar refractivity (Wildman–Crippen MR) is 85.0 cm³/mol. The maximum absolute atomic E-state index is 10.0. The van der Waals surface area contributed by atoms with Gasteiger partial charge in [-0.3, -0.25) is 4.99 Å². The minimum atomic E-state index is 0. The topological polar surface area (TPSA) is 49.7 Å². The van der Waals surface area contributed by atoms with Crippen LogP contribution in [0.5, 0.6) is 5.75 Å². The van der Waals surface area contributed by atoms with Crippen molar-refractivity contribution in [1.82, 2.24) is 0 Å². The van der Waals surface area contributed by atoms with E-state index in [1.807, 2.05) is 24.4 Å². The molecule has 0 unspecified atom stereocenters. The average Bonchev–Trinajstić information content (AvgIpc) is 2.29. The Kier molecular flexibility index (Phi) is 14.1. The van der Waals surface area contributed by atoms with Gasteiger partial charge in [0.1, 0.15) is 11.4 Å². The van der Waals surface area contributed by atoms with Crippen molar-refractivity contribution in [2.24, 2.45) is 10.4 Å². The van der Waals surface area contributed by atoms with Crippen molar-refractivity contribution in [1.29, 1.82) is 0 Å². The van der Waals surface area contributed by atoms with Crippen LogP contribution in [-0.4, -0.2) is 11.3 Å². The Balaban J connectivity index is -0.000000689. The minimum absolute atomic E-state index is 0. The van der Waals surface area contributed by atoms with Gasteiger partial charge in [0.2, 0.25) is 0 Å². The van der Waals surface area contributed by atoms with Crippen molar-refractivity contribution < 1.29 is 28.3 Å². The number of phenolic OH excluding ortho intramolecular Hbond substituents is 1. The van der Waals surface area contributed by atoms with Crippen LogP contribution in [0.1, 0.15) is 46.1 Å². The van der Waals surface area contributed by atoms with Gasteiger partial charge in [0, 0.05) is 6.21 Å². The third-order valence-electron chi connectivity index (χ3n) is 2.26. The van der Waals surface area contributed by atoms with Gasteiger partial charge in [-0.1, -0.05) is 46.8 Å². The molecule has 0 bridgehead atoms. The summed E-state index contributed by atoms with van der Waals surface area (Å²) in [5, 5.41) is 10.0. The molecule has 1 aromatic carbocycles. The van der Waals surface area contributed by atoms with Crippen LogP contribution in [0, 0.1) is 5.41 Å². The third-order valence-corrected chi connectivity index (χ3v) is 2.26. The molecule has 0 aromatic heterocycles. The Morgan fingerprint density at radius 1 is 1.20 bits per heavy atom. The third kappa shape index (κ3) is 8.84. The predicted octanol–water partition coefficient (Wildman–Crippen LogP) is 4.99. The molecular weight excluding hydrogens is 469 g/mol. The Morgan fingerprint density at radius 3 is 2.10 bits per heavy atom. The molecule has 0 fully saturated rings. The summed E-state index contributed by atoms with van der Waals surface area (Å²) in [5.41, 5.74) is 1.63. The van der Waals surface area contributed by atoms with E-state index in [1.165, 1.54) is 0 Å². The number of para-hydroxylation sites is 1. The molecule has 1 aromatic rings. The van der Waals surface area contributed by atoms with E-state index in [-0.39, 0.29) is 30.2 Å². The Morgan fingerprint density at radius 2 is 1.70 bits per heavy atom. The van der Waals surface area contributed by atoms with Crippen molar-refractivity contribution >= 4 is 36.7 Å². The first-order valence-corrected chi connectivity index (χ1v) is 7.05.